The number of aromatic nitrogens is 2. The smallest absolute Gasteiger partial charge is 0.149 e. The first kappa shape index (κ1) is 11.4. The van der Waals surface area contributed by atoms with E-state index in [9.17, 15) is 0 Å². The molecule has 0 bridgehead atoms. The van der Waals surface area contributed by atoms with Crippen molar-refractivity contribution in [2.24, 2.45) is 0 Å². The van der Waals surface area contributed by atoms with Crippen molar-refractivity contribution in [3.8, 4) is 10.7 Å². The van der Waals surface area contributed by atoms with Crippen LogP contribution in [0, 0.1) is 0 Å². The number of nitrogens with zero attached hydrogens (tertiary/aromatic N) is 2. The predicted molar refractivity (Wildman–Crippen MR) is 66.5 cm³/mol. The van der Waals surface area contributed by atoms with Crippen LogP contribution in [0.25, 0.3) is 10.7 Å². The van der Waals surface area contributed by atoms with Crippen LogP contribution in [0.2, 0.25) is 0 Å². The number of unbranched alkanes of at least 4 members (excludes halogenated alkanes) is 2. The molecule has 4 heteroatoms. The summed E-state index contributed by atoms with van der Waals surface area (Å²) in [4.78, 5) is 5.60. The Morgan fingerprint density at radius 1 is 1.31 bits per heavy atom. The van der Waals surface area contributed by atoms with Crippen LogP contribution in [0.15, 0.2) is 29.9 Å². The molecule has 0 saturated heterocycles. The zero-order chi connectivity index (χ0) is 11.2. The maximum Gasteiger partial charge on any atom is 0.149 e. The van der Waals surface area contributed by atoms with Crippen LogP contribution in [0.3, 0.4) is 0 Å². The van der Waals surface area contributed by atoms with Crippen LogP contribution in [-0.2, 0) is 6.54 Å². The molecular weight excluding hydrogens is 220 g/mol. The Labute approximate surface area is 99.4 Å². The molecule has 2 aromatic rings. The Balaban J connectivity index is 1.97. The van der Waals surface area contributed by atoms with Crippen LogP contribution in [0.5, 0.6) is 0 Å². The highest BCUT2D eigenvalue weighted by Gasteiger charge is 2.05. The highest BCUT2D eigenvalue weighted by Crippen LogP contribution is 2.23. The first-order valence-electron chi connectivity index (χ1n) is 5.57. The SMILES string of the molecule is OCCCCCn1ccnc1-c1cccs1. The summed E-state index contributed by atoms with van der Waals surface area (Å²) in [6.45, 7) is 1.27. The van der Waals surface area contributed by atoms with E-state index < -0.39 is 0 Å². The predicted octanol–water partition coefficient (Wildman–Crippen LogP) is 2.77. The summed E-state index contributed by atoms with van der Waals surface area (Å²) in [7, 11) is 0. The minimum absolute atomic E-state index is 0.293. The van der Waals surface area contributed by atoms with E-state index in [2.05, 4.69) is 21.0 Å². The molecule has 0 radical (unpaired) electrons. The van der Waals surface area contributed by atoms with Crippen LogP contribution >= 0.6 is 11.3 Å². The van der Waals surface area contributed by atoms with Crippen molar-refractivity contribution in [3.63, 3.8) is 0 Å². The van der Waals surface area contributed by atoms with Gasteiger partial charge in [0.1, 0.15) is 5.82 Å². The number of hydrogen-bond acceptors (Lipinski definition) is 3. The van der Waals surface area contributed by atoms with Crippen molar-refractivity contribution in [2.75, 3.05) is 6.61 Å². The van der Waals surface area contributed by atoms with Gasteiger partial charge in [0, 0.05) is 25.5 Å². The summed E-state index contributed by atoms with van der Waals surface area (Å²) >= 11 is 1.72. The van der Waals surface area contributed by atoms with Gasteiger partial charge in [-0.2, -0.15) is 0 Å². The molecule has 3 nitrogen and oxygen atoms in total. The van der Waals surface area contributed by atoms with Crippen molar-refractivity contribution >= 4 is 11.3 Å². The van der Waals surface area contributed by atoms with Gasteiger partial charge in [0.15, 0.2) is 0 Å². The van der Waals surface area contributed by atoms with Crippen molar-refractivity contribution in [1.82, 2.24) is 9.55 Å². The second-order valence-corrected chi connectivity index (χ2v) is 4.65. The number of aryl methyl sites for hydroxylation is 1. The maximum absolute atomic E-state index is 8.71. The Hall–Kier alpha value is -1.13. The van der Waals surface area contributed by atoms with E-state index in [1.54, 1.807) is 11.3 Å². The molecule has 1 N–H and O–H groups in total. The Morgan fingerprint density at radius 2 is 2.25 bits per heavy atom. The quantitative estimate of drug-likeness (QED) is 0.783. The topological polar surface area (TPSA) is 38.0 Å². The molecule has 0 atom stereocenters. The summed E-state index contributed by atoms with van der Waals surface area (Å²) in [5.41, 5.74) is 0. The molecule has 86 valence electrons. The second kappa shape index (κ2) is 5.82. The summed E-state index contributed by atoms with van der Waals surface area (Å²) < 4.78 is 2.18. The fraction of sp³-hybridized carbons (Fsp3) is 0.417. The van der Waals surface area contributed by atoms with Crippen molar-refractivity contribution in [2.45, 2.75) is 25.8 Å². The van der Waals surface area contributed by atoms with E-state index in [0.29, 0.717) is 6.61 Å². The summed E-state index contributed by atoms with van der Waals surface area (Å²) in [6.07, 6.45) is 6.92. The molecule has 0 aliphatic heterocycles. The Morgan fingerprint density at radius 3 is 3.00 bits per heavy atom. The van der Waals surface area contributed by atoms with Crippen LogP contribution in [-0.4, -0.2) is 21.3 Å². The van der Waals surface area contributed by atoms with Gasteiger partial charge < -0.3 is 9.67 Å². The Bertz CT molecular complexity index is 408. The largest absolute Gasteiger partial charge is 0.396 e. The highest BCUT2D eigenvalue weighted by atomic mass is 32.1. The molecule has 2 rings (SSSR count). The molecular formula is C12H16N2OS. The van der Waals surface area contributed by atoms with Crippen molar-refractivity contribution < 1.29 is 5.11 Å². The third kappa shape index (κ3) is 2.71. The average molecular weight is 236 g/mol. The molecule has 0 unspecified atom stereocenters. The van der Waals surface area contributed by atoms with Gasteiger partial charge >= 0.3 is 0 Å². The van der Waals surface area contributed by atoms with Crippen LogP contribution in [0.4, 0.5) is 0 Å². The number of thiophene rings is 1. The van der Waals surface area contributed by atoms with Gasteiger partial charge in [-0.3, -0.25) is 0 Å². The van der Waals surface area contributed by atoms with Gasteiger partial charge in [0.25, 0.3) is 0 Å². The zero-order valence-electron chi connectivity index (χ0n) is 9.17. The fourth-order valence-electron chi connectivity index (χ4n) is 1.69. The maximum atomic E-state index is 8.71. The first-order chi connectivity index (χ1) is 7.92. The lowest BCUT2D eigenvalue weighted by molar-refractivity contribution is 0.282. The molecule has 2 heterocycles. The van der Waals surface area contributed by atoms with E-state index in [1.165, 1.54) is 4.88 Å². The minimum atomic E-state index is 0.293. The van der Waals surface area contributed by atoms with Gasteiger partial charge in [-0.15, -0.1) is 11.3 Å². The van der Waals surface area contributed by atoms with E-state index in [0.717, 1.165) is 31.6 Å². The number of aliphatic hydroxyl groups excluding tert-OH is 1. The lowest BCUT2D eigenvalue weighted by Crippen LogP contribution is -1.99. The summed E-state index contributed by atoms with van der Waals surface area (Å²) in [5.74, 6) is 1.05. The molecule has 16 heavy (non-hydrogen) atoms. The summed E-state index contributed by atoms with van der Waals surface area (Å²) in [5, 5.41) is 10.8. The minimum Gasteiger partial charge on any atom is -0.396 e. The number of hydrogen-bond donors (Lipinski definition) is 1. The summed E-state index contributed by atoms with van der Waals surface area (Å²) in [6, 6.07) is 4.14. The lowest BCUT2D eigenvalue weighted by atomic mass is 10.2. The van der Waals surface area contributed by atoms with Gasteiger partial charge in [0.05, 0.1) is 4.88 Å². The molecule has 0 spiro atoms. The third-order valence-electron chi connectivity index (χ3n) is 2.51. The highest BCUT2D eigenvalue weighted by molar-refractivity contribution is 7.13. The normalized spacial score (nSPS) is 10.8. The van der Waals surface area contributed by atoms with E-state index >= 15 is 0 Å². The molecule has 2 aromatic heterocycles. The van der Waals surface area contributed by atoms with Crippen molar-refractivity contribution in [3.05, 3.63) is 29.9 Å². The molecule has 0 aliphatic carbocycles. The number of imidazole rings is 1. The van der Waals surface area contributed by atoms with Crippen molar-refractivity contribution in [1.29, 1.82) is 0 Å². The van der Waals surface area contributed by atoms with Crippen LogP contribution in [0.1, 0.15) is 19.3 Å². The van der Waals surface area contributed by atoms with Gasteiger partial charge in [0.2, 0.25) is 0 Å². The number of rotatable bonds is 6. The molecule has 0 fully saturated rings. The zero-order valence-corrected chi connectivity index (χ0v) is 9.99. The molecule has 0 amide bonds. The Kier molecular flexibility index (Phi) is 4.13. The standard InChI is InChI=1S/C12H16N2OS/c15-9-3-1-2-7-14-8-6-13-12(14)11-5-4-10-16-11/h4-6,8,10,15H,1-3,7,9H2. The first-order valence-corrected chi connectivity index (χ1v) is 6.45. The van der Waals surface area contributed by atoms with E-state index in [1.807, 2.05) is 18.5 Å². The van der Waals surface area contributed by atoms with E-state index in [-0.39, 0.29) is 0 Å². The van der Waals surface area contributed by atoms with Gasteiger partial charge in [-0.05, 0) is 30.7 Å². The second-order valence-electron chi connectivity index (χ2n) is 3.71. The third-order valence-corrected chi connectivity index (χ3v) is 3.38. The van der Waals surface area contributed by atoms with Gasteiger partial charge in [-0.25, -0.2) is 4.98 Å². The molecule has 0 aromatic carbocycles. The fourth-order valence-corrected chi connectivity index (χ4v) is 2.43. The average Bonchev–Trinajstić information content (AvgIpc) is 2.94. The molecule has 0 saturated carbocycles. The number of aliphatic hydroxyl groups is 1. The monoisotopic (exact) mass is 236 g/mol. The molecule has 0 aliphatic rings. The lowest BCUT2D eigenvalue weighted by Gasteiger charge is -2.05. The van der Waals surface area contributed by atoms with E-state index in [4.69, 9.17) is 5.11 Å². The van der Waals surface area contributed by atoms with Gasteiger partial charge in [-0.1, -0.05) is 6.07 Å². The van der Waals surface area contributed by atoms with Crippen LogP contribution < -0.4 is 0 Å².